The van der Waals surface area contributed by atoms with Crippen molar-refractivity contribution >= 4 is 22.7 Å². The highest BCUT2D eigenvalue weighted by Crippen LogP contribution is 2.27. The molecule has 0 saturated carbocycles. The van der Waals surface area contributed by atoms with Crippen LogP contribution in [0.1, 0.15) is 11.3 Å². The number of rotatable bonds is 3. The highest BCUT2D eigenvalue weighted by Gasteiger charge is 2.08. The van der Waals surface area contributed by atoms with Gasteiger partial charge in [-0.25, -0.2) is 4.98 Å². The molecule has 0 radical (unpaired) electrons. The number of benzene rings is 1. The Balaban J connectivity index is 1.95. The van der Waals surface area contributed by atoms with E-state index in [0.29, 0.717) is 11.3 Å². The van der Waals surface area contributed by atoms with Crippen molar-refractivity contribution in [3.63, 3.8) is 0 Å². The Morgan fingerprint density at radius 2 is 2.11 bits per heavy atom. The van der Waals surface area contributed by atoms with E-state index in [9.17, 15) is 5.26 Å². The van der Waals surface area contributed by atoms with Crippen LogP contribution in [-0.4, -0.2) is 4.98 Å². The van der Waals surface area contributed by atoms with E-state index in [1.807, 2.05) is 42.5 Å². The summed E-state index contributed by atoms with van der Waals surface area (Å²) in [5, 5.41) is 10.9. The number of thioether (sulfide) groups is 1. The first-order chi connectivity index (χ1) is 9.36. The lowest BCUT2D eigenvalue weighted by Crippen LogP contribution is -1.89. The SMILES string of the molecule is N#Cc1cc2ccccc2nc1SCc1ccco1. The van der Waals surface area contributed by atoms with Gasteiger partial charge in [0.15, 0.2) is 0 Å². The van der Waals surface area contributed by atoms with Crippen molar-refractivity contribution in [3.05, 3.63) is 60.1 Å². The van der Waals surface area contributed by atoms with E-state index in [1.54, 1.807) is 6.26 Å². The van der Waals surface area contributed by atoms with Crippen LogP contribution in [-0.2, 0) is 5.75 Å². The van der Waals surface area contributed by atoms with Crippen LogP contribution in [0.15, 0.2) is 58.2 Å². The smallest absolute Gasteiger partial charge is 0.115 e. The molecule has 2 heterocycles. The van der Waals surface area contributed by atoms with Crippen molar-refractivity contribution in [1.82, 2.24) is 4.98 Å². The van der Waals surface area contributed by atoms with Gasteiger partial charge in [-0.05, 0) is 24.3 Å². The summed E-state index contributed by atoms with van der Waals surface area (Å²) >= 11 is 1.52. The minimum atomic E-state index is 0.607. The van der Waals surface area contributed by atoms with Crippen LogP contribution in [0, 0.1) is 11.3 Å². The summed E-state index contributed by atoms with van der Waals surface area (Å²) < 4.78 is 5.28. The Kier molecular flexibility index (Phi) is 3.21. The summed E-state index contributed by atoms with van der Waals surface area (Å²) in [6, 6.07) is 15.7. The molecule has 0 aliphatic heterocycles. The number of nitriles is 1. The van der Waals surface area contributed by atoms with Crippen molar-refractivity contribution in [1.29, 1.82) is 5.26 Å². The molecule has 0 atom stereocenters. The van der Waals surface area contributed by atoms with Crippen molar-refractivity contribution in [2.75, 3.05) is 0 Å². The maximum absolute atomic E-state index is 9.21. The summed E-state index contributed by atoms with van der Waals surface area (Å²) in [4.78, 5) is 4.54. The lowest BCUT2D eigenvalue weighted by atomic mass is 10.2. The summed E-state index contributed by atoms with van der Waals surface area (Å²) in [7, 11) is 0. The Bertz CT molecular complexity index is 744. The van der Waals surface area contributed by atoms with Gasteiger partial charge in [-0.15, -0.1) is 0 Å². The zero-order valence-corrected chi connectivity index (χ0v) is 10.9. The molecule has 4 heteroatoms. The standard InChI is InChI=1S/C15H10N2OS/c16-9-12-8-11-4-1-2-6-14(11)17-15(12)19-10-13-5-3-7-18-13/h1-8H,10H2. The van der Waals surface area contributed by atoms with Gasteiger partial charge in [0.25, 0.3) is 0 Å². The van der Waals surface area contributed by atoms with Crippen LogP contribution in [0.25, 0.3) is 10.9 Å². The van der Waals surface area contributed by atoms with Crippen molar-refractivity contribution in [3.8, 4) is 6.07 Å². The predicted molar refractivity (Wildman–Crippen MR) is 74.7 cm³/mol. The molecule has 1 aromatic carbocycles. The van der Waals surface area contributed by atoms with E-state index < -0.39 is 0 Å². The number of aromatic nitrogens is 1. The van der Waals surface area contributed by atoms with Crippen molar-refractivity contribution in [2.24, 2.45) is 0 Å². The minimum absolute atomic E-state index is 0.607. The predicted octanol–water partition coefficient (Wildman–Crippen LogP) is 3.99. The minimum Gasteiger partial charge on any atom is -0.468 e. The zero-order chi connectivity index (χ0) is 13.1. The van der Waals surface area contributed by atoms with Crippen LogP contribution in [0.2, 0.25) is 0 Å². The molecule has 0 N–H and O–H groups in total. The Morgan fingerprint density at radius 1 is 1.21 bits per heavy atom. The van der Waals surface area contributed by atoms with Gasteiger partial charge >= 0.3 is 0 Å². The van der Waals surface area contributed by atoms with Crippen LogP contribution in [0.3, 0.4) is 0 Å². The number of nitrogens with zero attached hydrogens (tertiary/aromatic N) is 2. The molecule has 0 aliphatic carbocycles. The molecule has 3 aromatic rings. The molecule has 3 nitrogen and oxygen atoms in total. The molecule has 19 heavy (non-hydrogen) atoms. The van der Waals surface area contributed by atoms with Gasteiger partial charge < -0.3 is 4.42 Å². The van der Waals surface area contributed by atoms with Crippen molar-refractivity contribution < 1.29 is 4.42 Å². The molecule has 0 saturated heterocycles. The molecule has 2 aromatic heterocycles. The van der Waals surface area contributed by atoms with E-state index in [-0.39, 0.29) is 0 Å². The third-order valence-electron chi connectivity index (χ3n) is 2.74. The number of hydrogen-bond donors (Lipinski definition) is 0. The van der Waals surface area contributed by atoms with E-state index in [2.05, 4.69) is 11.1 Å². The first-order valence-electron chi connectivity index (χ1n) is 5.82. The molecule has 92 valence electrons. The molecule has 0 unspecified atom stereocenters. The molecule has 0 fully saturated rings. The average Bonchev–Trinajstić information content (AvgIpc) is 2.97. The Morgan fingerprint density at radius 3 is 2.89 bits per heavy atom. The fraction of sp³-hybridized carbons (Fsp3) is 0.0667. The van der Waals surface area contributed by atoms with E-state index in [0.717, 1.165) is 21.7 Å². The fourth-order valence-electron chi connectivity index (χ4n) is 1.82. The highest BCUT2D eigenvalue weighted by molar-refractivity contribution is 7.98. The molecular formula is C15H10N2OS. The van der Waals surface area contributed by atoms with Gasteiger partial charge in [0.1, 0.15) is 16.9 Å². The van der Waals surface area contributed by atoms with Crippen LogP contribution in [0.4, 0.5) is 0 Å². The normalized spacial score (nSPS) is 10.5. The van der Waals surface area contributed by atoms with Gasteiger partial charge in [-0.3, -0.25) is 0 Å². The number of fused-ring (bicyclic) bond motifs is 1. The molecule has 0 spiro atoms. The van der Waals surface area contributed by atoms with Gasteiger partial charge in [0.2, 0.25) is 0 Å². The third kappa shape index (κ3) is 2.47. The topological polar surface area (TPSA) is 49.8 Å². The molecule has 0 aliphatic rings. The monoisotopic (exact) mass is 266 g/mol. The lowest BCUT2D eigenvalue weighted by molar-refractivity contribution is 0.530. The summed E-state index contributed by atoms with van der Waals surface area (Å²) in [5.41, 5.74) is 1.51. The summed E-state index contributed by atoms with van der Waals surface area (Å²) in [5.74, 6) is 1.55. The molecule has 0 bridgehead atoms. The Hall–Kier alpha value is -2.25. The van der Waals surface area contributed by atoms with E-state index in [1.165, 1.54) is 11.8 Å². The van der Waals surface area contributed by atoms with Crippen LogP contribution in [0.5, 0.6) is 0 Å². The van der Waals surface area contributed by atoms with E-state index in [4.69, 9.17) is 4.42 Å². The average molecular weight is 266 g/mol. The van der Waals surface area contributed by atoms with Gasteiger partial charge in [-0.1, -0.05) is 30.0 Å². The first-order valence-corrected chi connectivity index (χ1v) is 6.80. The second-order valence-corrected chi connectivity index (χ2v) is 4.98. The quantitative estimate of drug-likeness (QED) is 0.672. The number of pyridine rings is 1. The first kappa shape index (κ1) is 11.8. The van der Waals surface area contributed by atoms with Gasteiger partial charge in [0.05, 0.1) is 23.1 Å². The highest BCUT2D eigenvalue weighted by atomic mass is 32.2. The largest absolute Gasteiger partial charge is 0.468 e. The second kappa shape index (κ2) is 5.17. The number of furan rings is 1. The maximum atomic E-state index is 9.21. The van der Waals surface area contributed by atoms with Gasteiger partial charge in [-0.2, -0.15) is 5.26 Å². The number of para-hydroxylation sites is 1. The summed E-state index contributed by atoms with van der Waals surface area (Å²) in [6.07, 6.45) is 1.65. The van der Waals surface area contributed by atoms with E-state index >= 15 is 0 Å². The van der Waals surface area contributed by atoms with Crippen LogP contribution < -0.4 is 0 Å². The number of hydrogen-bond acceptors (Lipinski definition) is 4. The van der Waals surface area contributed by atoms with Gasteiger partial charge in [0, 0.05) is 5.39 Å². The summed E-state index contributed by atoms with van der Waals surface area (Å²) in [6.45, 7) is 0. The zero-order valence-electron chi connectivity index (χ0n) is 10.0. The molecule has 0 amide bonds. The molecular weight excluding hydrogens is 256 g/mol. The maximum Gasteiger partial charge on any atom is 0.115 e. The third-order valence-corrected chi connectivity index (χ3v) is 3.75. The Labute approximate surface area is 114 Å². The second-order valence-electron chi connectivity index (χ2n) is 4.01. The fourth-order valence-corrected chi connectivity index (χ4v) is 2.69. The van der Waals surface area contributed by atoms with Crippen molar-refractivity contribution in [2.45, 2.75) is 10.8 Å². The van der Waals surface area contributed by atoms with Crippen LogP contribution >= 0.6 is 11.8 Å². The molecule has 3 rings (SSSR count). The lowest BCUT2D eigenvalue weighted by Gasteiger charge is -2.04.